The summed E-state index contributed by atoms with van der Waals surface area (Å²) in [5.41, 5.74) is 2.15. The third-order valence-corrected chi connectivity index (χ3v) is 3.28. The Bertz CT molecular complexity index is 410. The predicted octanol–water partition coefficient (Wildman–Crippen LogP) is 2.90. The van der Waals surface area contributed by atoms with Gasteiger partial charge in [-0.2, -0.15) is 0 Å². The van der Waals surface area contributed by atoms with E-state index >= 15 is 0 Å². The zero-order valence-electron chi connectivity index (χ0n) is 9.66. The van der Waals surface area contributed by atoms with E-state index in [-0.39, 0.29) is 0 Å². The summed E-state index contributed by atoms with van der Waals surface area (Å²) in [7, 11) is 0. The highest BCUT2D eigenvalue weighted by Crippen LogP contribution is 2.34. The Morgan fingerprint density at radius 2 is 2.19 bits per heavy atom. The predicted molar refractivity (Wildman–Crippen MR) is 63.9 cm³/mol. The number of rotatable bonds is 4. The minimum atomic E-state index is -0.861. The minimum Gasteiger partial charge on any atom is -0.478 e. The molecule has 0 bridgehead atoms. The molecule has 2 N–H and O–H groups in total. The maximum atomic E-state index is 11.0. The molecule has 1 aliphatic carbocycles. The van der Waals surface area contributed by atoms with Crippen molar-refractivity contribution in [3.63, 3.8) is 0 Å². The van der Waals surface area contributed by atoms with E-state index in [9.17, 15) is 4.79 Å². The third-order valence-electron chi connectivity index (χ3n) is 3.28. The van der Waals surface area contributed by atoms with Crippen LogP contribution in [0.2, 0.25) is 0 Å². The number of carboxylic acid groups (broad SMARTS) is 1. The summed E-state index contributed by atoms with van der Waals surface area (Å²) in [6.45, 7) is 4.01. The van der Waals surface area contributed by atoms with Gasteiger partial charge in [0.2, 0.25) is 0 Å². The Kier molecular flexibility index (Phi) is 2.86. The first-order valence-electron chi connectivity index (χ1n) is 5.69. The van der Waals surface area contributed by atoms with Gasteiger partial charge in [-0.3, -0.25) is 0 Å². The van der Waals surface area contributed by atoms with Gasteiger partial charge in [-0.05, 0) is 50.3 Å². The second-order valence-corrected chi connectivity index (χ2v) is 4.55. The fourth-order valence-electron chi connectivity index (χ4n) is 1.98. The summed E-state index contributed by atoms with van der Waals surface area (Å²) < 4.78 is 0. The molecule has 16 heavy (non-hydrogen) atoms. The fourth-order valence-corrected chi connectivity index (χ4v) is 1.98. The number of hydrogen-bond donors (Lipinski definition) is 2. The zero-order valence-corrected chi connectivity index (χ0v) is 9.66. The van der Waals surface area contributed by atoms with Crippen molar-refractivity contribution >= 4 is 11.7 Å². The van der Waals surface area contributed by atoms with E-state index in [1.165, 1.54) is 12.8 Å². The van der Waals surface area contributed by atoms with Gasteiger partial charge in [0, 0.05) is 11.7 Å². The lowest BCUT2D eigenvalue weighted by atomic mass is 10.1. The molecule has 0 radical (unpaired) electrons. The van der Waals surface area contributed by atoms with E-state index in [0.29, 0.717) is 11.6 Å². The Hall–Kier alpha value is -1.51. The molecule has 1 aromatic carbocycles. The number of nitrogens with one attached hydrogen (secondary N) is 1. The van der Waals surface area contributed by atoms with Crippen LogP contribution in [0.5, 0.6) is 0 Å². The van der Waals surface area contributed by atoms with Crippen molar-refractivity contribution in [1.29, 1.82) is 0 Å². The number of hydrogen-bond acceptors (Lipinski definition) is 2. The molecule has 1 unspecified atom stereocenters. The van der Waals surface area contributed by atoms with E-state index < -0.39 is 5.97 Å². The van der Waals surface area contributed by atoms with Crippen molar-refractivity contribution in [2.45, 2.75) is 32.7 Å². The molecule has 0 spiro atoms. The zero-order chi connectivity index (χ0) is 11.7. The first kappa shape index (κ1) is 11.0. The summed E-state index contributed by atoms with van der Waals surface area (Å²) in [6, 6.07) is 5.81. The maximum Gasteiger partial charge on any atom is 0.336 e. The van der Waals surface area contributed by atoms with Crippen LogP contribution in [0.3, 0.4) is 0 Å². The molecule has 0 aliphatic heterocycles. The summed E-state index contributed by atoms with van der Waals surface area (Å²) in [4.78, 5) is 11.0. The minimum absolute atomic E-state index is 0.382. The number of anilines is 1. The van der Waals surface area contributed by atoms with Gasteiger partial charge in [-0.25, -0.2) is 4.79 Å². The Balaban J connectivity index is 2.19. The molecule has 86 valence electrons. The second-order valence-electron chi connectivity index (χ2n) is 4.55. The van der Waals surface area contributed by atoms with Crippen molar-refractivity contribution in [3.8, 4) is 0 Å². The van der Waals surface area contributed by atoms with E-state index in [1.807, 2.05) is 13.0 Å². The SMILES string of the molecule is Cc1c(NC(C)C2CC2)cccc1C(=O)O. The first-order valence-corrected chi connectivity index (χ1v) is 5.69. The summed E-state index contributed by atoms with van der Waals surface area (Å²) >= 11 is 0. The Labute approximate surface area is 95.5 Å². The van der Waals surface area contributed by atoms with Gasteiger partial charge >= 0.3 is 5.97 Å². The number of benzene rings is 1. The van der Waals surface area contributed by atoms with Gasteiger partial charge < -0.3 is 10.4 Å². The first-order chi connectivity index (χ1) is 7.59. The van der Waals surface area contributed by atoms with Crippen molar-refractivity contribution in [3.05, 3.63) is 29.3 Å². The van der Waals surface area contributed by atoms with Crippen LogP contribution in [0, 0.1) is 12.8 Å². The molecule has 2 rings (SSSR count). The molecule has 3 heteroatoms. The number of carbonyl (C=O) groups is 1. The highest BCUT2D eigenvalue weighted by molar-refractivity contribution is 5.91. The standard InChI is InChI=1S/C13H17NO2/c1-8-11(13(15)16)4-3-5-12(8)14-9(2)10-6-7-10/h3-5,9-10,14H,6-7H2,1-2H3,(H,15,16). The molecule has 0 aromatic heterocycles. The third kappa shape index (κ3) is 2.18. The van der Waals surface area contributed by atoms with Crippen LogP contribution in [0.1, 0.15) is 35.7 Å². The molecule has 1 fully saturated rings. The van der Waals surface area contributed by atoms with Gasteiger partial charge in [-0.15, -0.1) is 0 Å². The Morgan fingerprint density at radius 1 is 1.50 bits per heavy atom. The lowest BCUT2D eigenvalue weighted by molar-refractivity contribution is 0.0696. The normalized spacial score (nSPS) is 16.9. The number of carboxylic acids is 1. The monoisotopic (exact) mass is 219 g/mol. The molecular weight excluding hydrogens is 202 g/mol. The largest absolute Gasteiger partial charge is 0.478 e. The number of aromatic carboxylic acids is 1. The average Bonchev–Trinajstić information content (AvgIpc) is 3.03. The van der Waals surface area contributed by atoms with Crippen LogP contribution in [-0.4, -0.2) is 17.1 Å². The second kappa shape index (κ2) is 4.16. The maximum absolute atomic E-state index is 11.0. The molecule has 3 nitrogen and oxygen atoms in total. The highest BCUT2D eigenvalue weighted by Gasteiger charge is 2.28. The quantitative estimate of drug-likeness (QED) is 0.818. The average molecular weight is 219 g/mol. The molecule has 0 saturated heterocycles. The van der Waals surface area contributed by atoms with Crippen LogP contribution < -0.4 is 5.32 Å². The Morgan fingerprint density at radius 3 is 2.75 bits per heavy atom. The van der Waals surface area contributed by atoms with E-state index in [2.05, 4.69) is 12.2 Å². The lowest BCUT2D eigenvalue weighted by Crippen LogP contribution is -2.18. The van der Waals surface area contributed by atoms with E-state index in [1.54, 1.807) is 12.1 Å². The summed E-state index contributed by atoms with van der Waals surface area (Å²) in [5, 5.41) is 12.4. The van der Waals surface area contributed by atoms with Crippen LogP contribution in [0.15, 0.2) is 18.2 Å². The van der Waals surface area contributed by atoms with E-state index in [0.717, 1.165) is 17.2 Å². The molecule has 1 aromatic rings. The highest BCUT2D eigenvalue weighted by atomic mass is 16.4. The molecule has 0 heterocycles. The molecule has 1 saturated carbocycles. The molecular formula is C13H17NO2. The van der Waals surface area contributed by atoms with Crippen LogP contribution in [-0.2, 0) is 0 Å². The van der Waals surface area contributed by atoms with Gasteiger partial charge in [0.1, 0.15) is 0 Å². The van der Waals surface area contributed by atoms with Crippen LogP contribution >= 0.6 is 0 Å². The van der Waals surface area contributed by atoms with Crippen molar-refractivity contribution in [1.82, 2.24) is 0 Å². The van der Waals surface area contributed by atoms with Gasteiger partial charge in [0.15, 0.2) is 0 Å². The summed E-state index contributed by atoms with van der Waals surface area (Å²) in [5.74, 6) is -0.104. The van der Waals surface area contributed by atoms with Gasteiger partial charge in [0.05, 0.1) is 5.56 Å². The smallest absolute Gasteiger partial charge is 0.336 e. The topological polar surface area (TPSA) is 49.3 Å². The fraction of sp³-hybridized carbons (Fsp3) is 0.462. The van der Waals surface area contributed by atoms with Crippen molar-refractivity contribution in [2.24, 2.45) is 5.92 Å². The lowest BCUT2D eigenvalue weighted by Gasteiger charge is -2.17. The molecule has 1 aliphatic rings. The molecule has 1 atom stereocenters. The van der Waals surface area contributed by atoms with Gasteiger partial charge in [-0.1, -0.05) is 6.07 Å². The van der Waals surface area contributed by atoms with Crippen molar-refractivity contribution in [2.75, 3.05) is 5.32 Å². The van der Waals surface area contributed by atoms with Gasteiger partial charge in [0.25, 0.3) is 0 Å². The summed E-state index contributed by atoms with van der Waals surface area (Å²) in [6.07, 6.45) is 2.57. The van der Waals surface area contributed by atoms with E-state index in [4.69, 9.17) is 5.11 Å². The molecule has 0 amide bonds. The van der Waals surface area contributed by atoms with Crippen LogP contribution in [0.4, 0.5) is 5.69 Å². The van der Waals surface area contributed by atoms with Crippen LogP contribution in [0.25, 0.3) is 0 Å². The van der Waals surface area contributed by atoms with Crippen molar-refractivity contribution < 1.29 is 9.90 Å².